The van der Waals surface area contributed by atoms with Gasteiger partial charge < -0.3 is 10.4 Å². The fourth-order valence-corrected chi connectivity index (χ4v) is 2.50. The zero-order chi connectivity index (χ0) is 13.9. The average Bonchev–Trinajstić information content (AvgIpc) is 2.46. The predicted octanol–water partition coefficient (Wildman–Crippen LogP) is 4.81. The molecule has 3 aromatic rings. The summed E-state index contributed by atoms with van der Waals surface area (Å²) in [5.74, 6) is 0.300. The van der Waals surface area contributed by atoms with Crippen LogP contribution in [-0.2, 0) is 6.54 Å². The molecule has 0 radical (unpaired) electrons. The molecule has 0 aliphatic rings. The van der Waals surface area contributed by atoms with Gasteiger partial charge in [0.05, 0.1) is 0 Å². The van der Waals surface area contributed by atoms with Gasteiger partial charge in [-0.25, -0.2) is 0 Å². The Morgan fingerprint density at radius 3 is 2.50 bits per heavy atom. The van der Waals surface area contributed by atoms with E-state index in [-0.39, 0.29) is 0 Å². The first-order valence-electron chi connectivity index (χ1n) is 6.43. The number of hydrogen-bond donors (Lipinski definition) is 2. The van der Waals surface area contributed by atoms with Crippen LogP contribution in [0, 0.1) is 0 Å². The van der Waals surface area contributed by atoms with Crippen molar-refractivity contribution in [3.63, 3.8) is 0 Å². The van der Waals surface area contributed by atoms with Gasteiger partial charge in [-0.05, 0) is 29.8 Å². The number of nitrogens with one attached hydrogen (secondary N) is 1. The summed E-state index contributed by atoms with van der Waals surface area (Å²) in [6, 6.07) is 19.2. The van der Waals surface area contributed by atoms with E-state index in [0.717, 1.165) is 27.0 Å². The van der Waals surface area contributed by atoms with E-state index in [1.165, 1.54) is 0 Å². The van der Waals surface area contributed by atoms with Gasteiger partial charge in [-0.15, -0.1) is 0 Å². The van der Waals surface area contributed by atoms with Crippen molar-refractivity contribution in [2.45, 2.75) is 6.54 Å². The highest BCUT2D eigenvalue weighted by Crippen LogP contribution is 2.30. The summed E-state index contributed by atoms with van der Waals surface area (Å²) >= 11 is 5.98. The quantitative estimate of drug-likeness (QED) is 0.723. The maximum atomic E-state index is 9.87. The third-order valence-corrected chi connectivity index (χ3v) is 3.51. The van der Waals surface area contributed by atoms with Crippen molar-refractivity contribution in [3.05, 3.63) is 71.2 Å². The molecule has 0 spiro atoms. The SMILES string of the molecule is Oc1cccc2c(NCc3cccc(Cl)c3)cccc12. The second kappa shape index (κ2) is 5.43. The van der Waals surface area contributed by atoms with Gasteiger partial charge in [0.15, 0.2) is 0 Å². The summed E-state index contributed by atoms with van der Waals surface area (Å²) in [5.41, 5.74) is 2.12. The minimum Gasteiger partial charge on any atom is -0.507 e. The van der Waals surface area contributed by atoms with Crippen LogP contribution < -0.4 is 5.32 Å². The Kier molecular flexibility index (Phi) is 3.48. The zero-order valence-corrected chi connectivity index (χ0v) is 11.6. The number of fused-ring (bicyclic) bond motifs is 1. The molecule has 0 fully saturated rings. The molecule has 20 heavy (non-hydrogen) atoms. The molecule has 3 rings (SSSR count). The van der Waals surface area contributed by atoms with Crippen LogP contribution in [0.5, 0.6) is 5.75 Å². The van der Waals surface area contributed by atoms with Crippen molar-refractivity contribution in [2.24, 2.45) is 0 Å². The van der Waals surface area contributed by atoms with Crippen LogP contribution >= 0.6 is 11.6 Å². The van der Waals surface area contributed by atoms with Crippen molar-refractivity contribution in [1.82, 2.24) is 0 Å². The lowest BCUT2D eigenvalue weighted by Crippen LogP contribution is -1.99. The van der Waals surface area contributed by atoms with Gasteiger partial charge in [-0.2, -0.15) is 0 Å². The standard InChI is InChI=1S/C17H14ClNO/c18-13-5-1-4-12(10-13)11-19-16-8-2-7-15-14(16)6-3-9-17(15)20/h1-10,19-20H,11H2. The average molecular weight is 284 g/mol. The largest absolute Gasteiger partial charge is 0.507 e. The van der Waals surface area contributed by atoms with E-state index in [4.69, 9.17) is 11.6 Å². The molecule has 0 aromatic heterocycles. The Balaban J connectivity index is 1.90. The van der Waals surface area contributed by atoms with E-state index in [0.29, 0.717) is 12.3 Å². The summed E-state index contributed by atoms with van der Waals surface area (Å²) in [7, 11) is 0. The highest BCUT2D eigenvalue weighted by atomic mass is 35.5. The Hall–Kier alpha value is -2.19. The number of anilines is 1. The predicted molar refractivity (Wildman–Crippen MR) is 84.4 cm³/mol. The van der Waals surface area contributed by atoms with Crippen molar-refractivity contribution in [3.8, 4) is 5.75 Å². The summed E-state index contributed by atoms with van der Waals surface area (Å²) in [4.78, 5) is 0. The van der Waals surface area contributed by atoms with Crippen LogP contribution in [0.15, 0.2) is 60.7 Å². The molecular weight excluding hydrogens is 270 g/mol. The monoisotopic (exact) mass is 283 g/mol. The highest BCUT2D eigenvalue weighted by Gasteiger charge is 2.03. The lowest BCUT2D eigenvalue weighted by molar-refractivity contribution is 0.481. The first-order valence-corrected chi connectivity index (χ1v) is 6.81. The van der Waals surface area contributed by atoms with E-state index < -0.39 is 0 Å². The van der Waals surface area contributed by atoms with Gasteiger partial charge in [0, 0.05) is 28.0 Å². The molecular formula is C17H14ClNO. The number of rotatable bonds is 3. The Morgan fingerprint density at radius 1 is 0.900 bits per heavy atom. The van der Waals surface area contributed by atoms with Crippen LogP contribution in [0.4, 0.5) is 5.69 Å². The fourth-order valence-electron chi connectivity index (χ4n) is 2.29. The maximum Gasteiger partial charge on any atom is 0.123 e. The number of phenolic OH excluding ortho intramolecular Hbond substituents is 1. The number of aromatic hydroxyl groups is 1. The summed E-state index contributed by atoms with van der Waals surface area (Å²) in [6.45, 7) is 0.690. The molecule has 0 heterocycles. The summed E-state index contributed by atoms with van der Waals surface area (Å²) < 4.78 is 0. The molecule has 0 saturated carbocycles. The third-order valence-electron chi connectivity index (χ3n) is 3.27. The number of phenols is 1. The van der Waals surface area contributed by atoms with Gasteiger partial charge in [0.2, 0.25) is 0 Å². The number of benzene rings is 3. The van der Waals surface area contributed by atoms with E-state index in [2.05, 4.69) is 5.32 Å². The van der Waals surface area contributed by atoms with Gasteiger partial charge >= 0.3 is 0 Å². The Labute approximate surface area is 122 Å². The van der Waals surface area contributed by atoms with E-state index in [1.54, 1.807) is 6.07 Å². The molecule has 0 bridgehead atoms. The van der Waals surface area contributed by atoms with Gasteiger partial charge in [-0.1, -0.05) is 48.0 Å². The second-order valence-electron chi connectivity index (χ2n) is 4.66. The topological polar surface area (TPSA) is 32.3 Å². The highest BCUT2D eigenvalue weighted by molar-refractivity contribution is 6.30. The van der Waals surface area contributed by atoms with Crippen molar-refractivity contribution < 1.29 is 5.11 Å². The van der Waals surface area contributed by atoms with Crippen LogP contribution in [0.3, 0.4) is 0 Å². The molecule has 0 amide bonds. The molecule has 2 nitrogen and oxygen atoms in total. The lowest BCUT2D eigenvalue weighted by Gasteiger charge is -2.11. The van der Waals surface area contributed by atoms with Crippen molar-refractivity contribution in [1.29, 1.82) is 0 Å². The van der Waals surface area contributed by atoms with Crippen LogP contribution in [0.2, 0.25) is 5.02 Å². The maximum absolute atomic E-state index is 9.87. The van der Waals surface area contributed by atoms with E-state index in [9.17, 15) is 5.11 Å². The molecule has 3 aromatic carbocycles. The molecule has 0 unspecified atom stereocenters. The lowest BCUT2D eigenvalue weighted by atomic mass is 10.1. The van der Waals surface area contributed by atoms with Crippen LogP contribution in [0.1, 0.15) is 5.56 Å². The minimum absolute atomic E-state index is 0.300. The van der Waals surface area contributed by atoms with Gasteiger partial charge in [0.1, 0.15) is 5.75 Å². The summed E-state index contributed by atoms with van der Waals surface area (Å²) in [5, 5.41) is 15.9. The molecule has 2 N–H and O–H groups in total. The molecule has 0 aliphatic carbocycles. The smallest absolute Gasteiger partial charge is 0.123 e. The normalized spacial score (nSPS) is 10.7. The van der Waals surface area contributed by atoms with Crippen molar-refractivity contribution >= 4 is 28.1 Å². The molecule has 0 atom stereocenters. The Bertz CT molecular complexity index is 755. The molecule has 0 aliphatic heterocycles. The number of halogens is 1. The van der Waals surface area contributed by atoms with E-state index in [1.807, 2.05) is 54.6 Å². The third kappa shape index (κ3) is 2.56. The molecule has 100 valence electrons. The zero-order valence-electron chi connectivity index (χ0n) is 10.8. The fraction of sp³-hybridized carbons (Fsp3) is 0.0588. The van der Waals surface area contributed by atoms with Gasteiger partial charge in [-0.3, -0.25) is 0 Å². The second-order valence-corrected chi connectivity index (χ2v) is 5.10. The van der Waals surface area contributed by atoms with Crippen LogP contribution in [-0.4, -0.2) is 5.11 Å². The first kappa shape index (κ1) is 12.8. The van der Waals surface area contributed by atoms with E-state index >= 15 is 0 Å². The summed E-state index contributed by atoms with van der Waals surface area (Å²) in [6.07, 6.45) is 0. The minimum atomic E-state index is 0.300. The van der Waals surface area contributed by atoms with Gasteiger partial charge in [0.25, 0.3) is 0 Å². The first-order chi connectivity index (χ1) is 9.74. The van der Waals surface area contributed by atoms with Crippen LogP contribution in [0.25, 0.3) is 10.8 Å². The number of hydrogen-bond acceptors (Lipinski definition) is 2. The van der Waals surface area contributed by atoms with Crippen molar-refractivity contribution in [2.75, 3.05) is 5.32 Å². The Morgan fingerprint density at radius 2 is 1.65 bits per heavy atom. The molecule has 3 heteroatoms. The molecule has 0 saturated heterocycles.